The quantitative estimate of drug-likeness (QED) is 0.733. The van der Waals surface area contributed by atoms with E-state index >= 15 is 0 Å². The average molecular weight is 441 g/mol. The number of anilines is 1. The predicted molar refractivity (Wildman–Crippen MR) is 115 cm³/mol. The first-order valence-electron chi connectivity index (χ1n) is 9.32. The van der Waals surface area contributed by atoms with Crippen LogP contribution in [-0.2, 0) is 14.8 Å². The highest BCUT2D eigenvalue weighted by molar-refractivity contribution is 7.91. The number of aryl methyl sites for hydroxylation is 2. The van der Waals surface area contributed by atoms with Crippen molar-refractivity contribution >= 4 is 44.6 Å². The first kappa shape index (κ1) is 21.3. The maximum atomic E-state index is 12.7. The summed E-state index contributed by atoms with van der Waals surface area (Å²) in [5.41, 5.74) is 3.03. The van der Waals surface area contributed by atoms with Gasteiger partial charge in [-0.3, -0.25) is 4.79 Å². The van der Waals surface area contributed by atoms with Crippen molar-refractivity contribution in [3.63, 3.8) is 0 Å². The minimum Gasteiger partial charge on any atom is -0.326 e. The maximum Gasteiger partial charge on any atom is 0.252 e. The number of nitrogens with zero attached hydrogens (tertiary/aromatic N) is 1. The number of hydrogen-bond acceptors (Lipinski definition) is 4. The van der Waals surface area contributed by atoms with Gasteiger partial charge < -0.3 is 5.32 Å². The molecular formula is C20H25ClN2O3S2. The number of rotatable bonds is 5. The normalized spacial score (nSPS) is 17.4. The fourth-order valence-electron chi connectivity index (χ4n) is 3.59. The van der Waals surface area contributed by atoms with Gasteiger partial charge in [-0.25, -0.2) is 8.42 Å². The number of carbonyl (C=O) groups is 1. The average Bonchev–Trinajstić information content (AvgIpc) is 3.10. The van der Waals surface area contributed by atoms with E-state index in [0.29, 0.717) is 30.3 Å². The lowest BCUT2D eigenvalue weighted by molar-refractivity contribution is -0.121. The molecule has 1 aromatic carbocycles. The van der Waals surface area contributed by atoms with E-state index in [4.69, 9.17) is 11.6 Å². The number of piperidine rings is 1. The van der Waals surface area contributed by atoms with Crippen LogP contribution in [0.2, 0.25) is 4.34 Å². The molecule has 0 unspecified atom stereocenters. The van der Waals surface area contributed by atoms with E-state index in [1.807, 2.05) is 39.0 Å². The summed E-state index contributed by atoms with van der Waals surface area (Å²) in [6.07, 6.45) is 1.33. The van der Waals surface area contributed by atoms with Crippen LogP contribution in [0.15, 0.2) is 34.5 Å². The Morgan fingerprint density at radius 1 is 1.21 bits per heavy atom. The summed E-state index contributed by atoms with van der Waals surface area (Å²) in [5, 5.41) is 3.02. The van der Waals surface area contributed by atoms with Gasteiger partial charge in [-0.2, -0.15) is 4.31 Å². The Balaban J connectivity index is 1.60. The van der Waals surface area contributed by atoms with Crippen LogP contribution in [0.25, 0.3) is 0 Å². The highest BCUT2D eigenvalue weighted by Gasteiger charge is 2.34. The summed E-state index contributed by atoms with van der Waals surface area (Å²) >= 11 is 6.96. The number of hydrogen-bond donors (Lipinski definition) is 1. The zero-order valence-electron chi connectivity index (χ0n) is 16.2. The number of thiophene rings is 1. The van der Waals surface area contributed by atoms with Gasteiger partial charge >= 0.3 is 0 Å². The maximum absolute atomic E-state index is 12.7. The highest BCUT2D eigenvalue weighted by atomic mass is 35.5. The number of carbonyl (C=O) groups excluding carboxylic acids is 1. The number of halogens is 1. The van der Waals surface area contributed by atoms with Crippen molar-refractivity contribution in [3.8, 4) is 0 Å². The number of benzene rings is 1. The molecule has 3 rings (SSSR count). The van der Waals surface area contributed by atoms with Crippen molar-refractivity contribution in [1.82, 2.24) is 4.31 Å². The van der Waals surface area contributed by atoms with Crippen LogP contribution >= 0.6 is 22.9 Å². The third kappa shape index (κ3) is 4.59. The van der Waals surface area contributed by atoms with Gasteiger partial charge in [0.1, 0.15) is 4.21 Å². The summed E-state index contributed by atoms with van der Waals surface area (Å²) in [4.78, 5) is 12.7. The number of sulfonamides is 1. The SMILES string of the molecule is Cc1ccc(NC(=O)[C@H](C)C2CCN(S(=O)(=O)c3ccc(Cl)s3)CC2)c(C)c1. The van der Waals surface area contributed by atoms with Crippen molar-refractivity contribution in [3.05, 3.63) is 45.8 Å². The molecule has 1 aliphatic rings. The molecule has 1 aromatic heterocycles. The van der Waals surface area contributed by atoms with Gasteiger partial charge in [-0.15, -0.1) is 11.3 Å². The Morgan fingerprint density at radius 3 is 2.46 bits per heavy atom. The van der Waals surface area contributed by atoms with Crippen molar-refractivity contribution in [2.24, 2.45) is 11.8 Å². The van der Waals surface area contributed by atoms with Gasteiger partial charge in [-0.05, 0) is 56.4 Å². The Labute approximate surface area is 175 Å². The van der Waals surface area contributed by atoms with Crippen LogP contribution in [0, 0.1) is 25.7 Å². The monoisotopic (exact) mass is 440 g/mol. The van der Waals surface area contributed by atoms with Crippen LogP contribution in [0.4, 0.5) is 5.69 Å². The van der Waals surface area contributed by atoms with Crippen LogP contribution in [0.3, 0.4) is 0 Å². The lowest BCUT2D eigenvalue weighted by atomic mass is 9.85. The van der Waals surface area contributed by atoms with Crippen LogP contribution < -0.4 is 5.32 Å². The molecular weight excluding hydrogens is 416 g/mol. The van der Waals surface area contributed by atoms with E-state index in [9.17, 15) is 13.2 Å². The molecule has 1 fully saturated rings. The fourth-order valence-corrected chi connectivity index (χ4v) is 6.70. The minimum absolute atomic E-state index is 0.0155. The second-order valence-electron chi connectivity index (χ2n) is 7.40. The fraction of sp³-hybridized carbons (Fsp3) is 0.450. The smallest absolute Gasteiger partial charge is 0.252 e. The van der Waals surface area contributed by atoms with E-state index in [0.717, 1.165) is 28.2 Å². The lowest BCUT2D eigenvalue weighted by Crippen LogP contribution is -2.41. The summed E-state index contributed by atoms with van der Waals surface area (Å²) in [6.45, 7) is 6.76. The minimum atomic E-state index is -3.50. The zero-order chi connectivity index (χ0) is 20.5. The first-order chi connectivity index (χ1) is 13.2. The van der Waals surface area contributed by atoms with Crippen molar-refractivity contribution in [2.75, 3.05) is 18.4 Å². The van der Waals surface area contributed by atoms with Crippen molar-refractivity contribution < 1.29 is 13.2 Å². The standard InChI is InChI=1S/C20H25ClN2O3S2/c1-13-4-5-17(14(2)12-13)22-20(24)15(3)16-8-10-23(11-9-16)28(25,26)19-7-6-18(21)27-19/h4-7,12,15-16H,8-11H2,1-3H3,(H,22,24)/t15-/m1/s1. The first-order valence-corrected chi connectivity index (χ1v) is 12.0. The molecule has 0 bridgehead atoms. The van der Waals surface area contributed by atoms with Crippen LogP contribution in [-0.4, -0.2) is 31.7 Å². The van der Waals surface area contributed by atoms with Gasteiger partial charge in [-0.1, -0.05) is 36.2 Å². The van der Waals surface area contributed by atoms with Crippen LogP contribution in [0.5, 0.6) is 0 Å². The molecule has 0 saturated carbocycles. The molecule has 0 radical (unpaired) electrons. The summed E-state index contributed by atoms with van der Waals surface area (Å²) in [7, 11) is -3.50. The molecule has 2 aromatic rings. The molecule has 1 aliphatic heterocycles. The molecule has 28 heavy (non-hydrogen) atoms. The molecule has 0 aliphatic carbocycles. The molecule has 152 valence electrons. The van der Waals surface area contributed by atoms with Gasteiger partial charge in [0.05, 0.1) is 4.34 Å². The topological polar surface area (TPSA) is 66.5 Å². The van der Waals surface area contributed by atoms with E-state index in [1.54, 1.807) is 12.1 Å². The van der Waals surface area contributed by atoms with Gasteiger partial charge in [0.25, 0.3) is 10.0 Å². The molecule has 5 nitrogen and oxygen atoms in total. The molecule has 8 heteroatoms. The third-order valence-electron chi connectivity index (χ3n) is 5.40. The van der Waals surface area contributed by atoms with E-state index < -0.39 is 10.0 Å². The zero-order valence-corrected chi connectivity index (χ0v) is 18.6. The van der Waals surface area contributed by atoms with Crippen LogP contribution in [0.1, 0.15) is 30.9 Å². The number of nitrogens with one attached hydrogen (secondary N) is 1. The highest BCUT2D eigenvalue weighted by Crippen LogP contribution is 2.32. The largest absolute Gasteiger partial charge is 0.326 e. The Bertz CT molecular complexity index is 964. The van der Waals surface area contributed by atoms with E-state index in [2.05, 4.69) is 5.32 Å². The molecule has 1 saturated heterocycles. The van der Waals surface area contributed by atoms with E-state index in [1.165, 1.54) is 4.31 Å². The second kappa shape index (κ2) is 8.53. The Kier molecular flexibility index (Phi) is 6.49. The lowest BCUT2D eigenvalue weighted by Gasteiger charge is -2.33. The van der Waals surface area contributed by atoms with Gasteiger partial charge in [0, 0.05) is 24.7 Å². The molecule has 0 spiro atoms. The third-order valence-corrected chi connectivity index (χ3v) is 9.00. The molecule has 2 heterocycles. The van der Waals surface area contributed by atoms with Crippen molar-refractivity contribution in [1.29, 1.82) is 0 Å². The summed E-state index contributed by atoms with van der Waals surface area (Å²) < 4.78 is 27.7. The molecule has 1 atom stereocenters. The molecule has 1 amide bonds. The number of amides is 1. The summed E-state index contributed by atoms with van der Waals surface area (Å²) in [5.74, 6) is -0.0378. The molecule has 1 N–H and O–H groups in total. The second-order valence-corrected chi connectivity index (χ2v) is 11.3. The predicted octanol–water partition coefficient (Wildman–Crippen LogP) is 4.69. The summed E-state index contributed by atoms with van der Waals surface area (Å²) in [6, 6.07) is 9.10. The Morgan fingerprint density at radius 2 is 1.89 bits per heavy atom. The van der Waals surface area contributed by atoms with E-state index in [-0.39, 0.29) is 22.0 Å². The van der Waals surface area contributed by atoms with Crippen molar-refractivity contribution in [2.45, 2.75) is 37.8 Å². The van der Waals surface area contributed by atoms with Gasteiger partial charge in [0.15, 0.2) is 0 Å². The van der Waals surface area contributed by atoms with Gasteiger partial charge in [0.2, 0.25) is 5.91 Å². The Hall–Kier alpha value is -1.41.